The number of nitrogens with zero attached hydrogens (tertiary/aromatic N) is 1. The van der Waals surface area contributed by atoms with Gasteiger partial charge in [-0.1, -0.05) is 90.5 Å². The van der Waals surface area contributed by atoms with Crippen LogP contribution in [0.5, 0.6) is 5.75 Å². The highest BCUT2D eigenvalue weighted by molar-refractivity contribution is 7.89. The number of benzene rings is 4. The van der Waals surface area contributed by atoms with Gasteiger partial charge in [-0.3, -0.25) is 4.57 Å². The monoisotopic (exact) mass is 727 g/mol. The van der Waals surface area contributed by atoms with Crippen LogP contribution in [0.2, 0.25) is 0 Å². The summed E-state index contributed by atoms with van der Waals surface area (Å²) in [6.07, 6.45) is 0. The summed E-state index contributed by atoms with van der Waals surface area (Å²) in [5.74, 6) is -2.16. The topological polar surface area (TPSA) is 126 Å². The van der Waals surface area contributed by atoms with E-state index in [-0.39, 0.29) is 4.90 Å². The molecule has 0 bridgehead atoms. The molecule has 10 nitrogen and oxygen atoms in total. The minimum absolute atomic E-state index is 0.260. The lowest BCUT2D eigenvalue weighted by Crippen LogP contribution is -2.41. The van der Waals surface area contributed by atoms with Crippen LogP contribution < -0.4 is 4.74 Å². The van der Waals surface area contributed by atoms with Gasteiger partial charge in [-0.05, 0) is 47.9 Å². The van der Waals surface area contributed by atoms with E-state index in [1.54, 1.807) is 67.6 Å². The molecule has 4 aromatic carbocycles. The number of sulfonamides is 1. The summed E-state index contributed by atoms with van der Waals surface area (Å²) in [4.78, 5) is -0.260. The van der Waals surface area contributed by atoms with Crippen LogP contribution in [0.25, 0.3) is 0 Å². The molecule has 0 saturated heterocycles. The smallest absolute Gasteiger partial charge is 0.497 e. The summed E-state index contributed by atoms with van der Waals surface area (Å²) >= 11 is 0. The maximum atomic E-state index is 14.6. The van der Waals surface area contributed by atoms with Crippen LogP contribution in [-0.2, 0) is 57.7 Å². The minimum Gasteiger partial charge on any atom is -0.497 e. The van der Waals surface area contributed by atoms with Gasteiger partial charge in [0.05, 0.1) is 31.8 Å². The molecule has 0 aromatic heterocycles. The average molecular weight is 728 g/mol. The van der Waals surface area contributed by atoms with E-state index in [0.29, 0.717) is 26.7 Å². The molecule has 1 unspecified atom stereocenters. The Bertz CT molecular complexity index is 1850. The molecule has 0 aliphatic rings. The second-order valence-corrected chi connectivity index (χ2v) is 16.1. The van der Waals surface area contributed by atoms with Crippen LogP contribution in [0, 0.1) is 6.92 Å². The van der Waals surface area contributed by atoms with Gasteiger partial charge in [0.2, 0.25) is 10.0 Å². The van der Waals surface area contributed by atoms with Gasteiger partial charge in [0.15, 0.2) is 5.85 Å². The molecule has 258 valence electrons. The average Bonchev–Trinajstić information content (AvgIpc) is 3.06. The van der Waals surface area contributed by atoms with Crippen molar-refractivity contribution in [1.82, 2.24) is 4.31 Å². The molecule has 0 heterocycles. The molecule has 0 saturated carbocycles. The van der Waals surface area contributed by atoms with Gasteiger partial charge in [0.25, 0.3) is 0 Å². The van der Waals surface area contributed by atoms with Crippen molar-refractivity contribution in [2.75, 3.05) is 13.7 Å². The first-order chi connectivity index (χ1) is 22.6. The van der Waals surface area contributed by atoms with E-state index in [1.165, 1.54) is 55.6 Å². The Kier molecular flexibility index (Phi) is 12.2. The molecular formula is C32H33F3NO9PS2. The van der Waals surface area contributed by atoms with Gasteiger partial charge in [-0.2, -0.15) is 25.9 Å². The molecule has 1 atom stereocenters. The molecule has 16 heteroatoms. The van der Waals surface area contributed by atoms with E-state index < -0.39 is 65.4 Å². The third kappa shape index (κ3) is 9.75. The largest absolute Gasteiger partial charge is 0.523 e. The number of methoxy groups -OCH3 is 1. The molecule has 0 radical (unpaired) electrons. The Morgan fingerprint density at radius 3 is 1.69 bits per heavy atom. The van der Waals surface area contributed by atoms with E-state index in [0.717, 1.165) is 5.56 Å². The third-order valence-corrected chi connectivity index (χ3v) is 11.9. The zero-order valence-corrected chi connectivity index (χ0v) is 28.3. The highest BCUT2D eigenvalue weighted by Crippen LogP contribution is 2.56. The van der Waals surface area contributed by atoms with Crippen molar-refractivity contribution < 1.29 is 52.5 Å². The second kappa shape index (κ2) is 15.8. The standard InChI is InChI=1S/C32H33F3NO9PS2/c1-25-13-19-30(20-14-25)47(38,39)36(21-26-15-17-29(42-2)18-16-26)22-31(45-48(40,41)32(33,34)35)46(37,43-23-27-9-5-3-6-10-27)44-24-28-11-7-4-8-12-28/h3-20,31H,21-24H2,1-2H3. The quantitative estimate of drug-likeness (QED) is 0.0681. The lowest BCUT2D eigenvalue weighted by Gasteiger charge is -2.31. The first-order valence-corrected chi connectivity index (χ1v) is 18.7. The van der Waals surface area contributed by atoms with Crippen molar-refractivity contribution in [1.29, 1.82) is 0 Å². The van der Waals surface area contributed by atoms with Crippen LogP contribution in [0.3, 0.4) is 0 Å². The first-order valence-electron chi connectivity index (χ1n) is 14.3. The second-order valence-electron chi connectivity index (χ2n) is 10.5. The van der Waals surface area contributed by atoms with E-state index in [4.69, 9.17) is 13.8 Å². The fraction of sp³-hybridized carbons (Fsp3) is 0.250. The molecular weight excluding hydrogens is 694 g/mol. The number of aryl methyl sites for hydroxylation is 1. The molecule has 4 rings (SSSR count). The normalized spacial score (nSPS) is 13.4. The number of alkyl halides is 3. The summed E-state index contributed by atoms with van der Waals surface area (Å²) in [6.45, 7) is -0.951. The fourth-order valence-electron chi connectivity index (χ4n) is 4.28. The van der Waals surface area contributed by atoms with E-state index in [9.17, 15) is 34.6 Å². The number of halogens is 3. The summed E-state index contributed by atoms with van der Waals surface area (Å²) in [5.41, 5.74) is -4.05. The maximum Gasteiger partial charge on any atom is 0.523 e. The van der Waals surface area contributed by atoms with Crippen molar-refractivity contribution in [3.05, 3.63) is 131 Å². The predicted octanol–water partition coefficient (Wildman–Crippen LogP) is 7.01. The zero-order chi connectivity index (χ0) is 35.0. The fourth-order valence-corrected chi connectivity index (χ4v) is 8.51. The van der Waals surface area contributed by atoms with E-state index >= 15 is 0 Å². The number of rotatable bonds is 16. The van der Waals surface area contributed by atoms with Crippen LogP contribution in [0.4, 0.5) is 13.2 Å². The van der Waals surface area contributed by atoms with Crippen LogP contribution >= 0.6 is 7.60 Å². The van der Waals surface area contributed by atoms with E-state index in [1.807, 2.05) is 0 Å². The molecule has 4 aromatic rings. The van der Waals surface area contributed by atoms with Gasteiger partial charge >= 0.3 is 23.2 Å². The number of hydrogen-bond acceptors (Lipinski definition) is 9. The third-order valence-electron chi connectivity index (χ3n) is 6.92. The molecule has 0 aliphatic heterocycles. The Morgan fingerprint density at radius 2 is 1.23 bits per heavy atom. The van der Waals surface area contributed by atoms with Gasteiger partial charge in [0.1, 0.15) is 5.75 Å². The molecule has 0 amide bonds. The molecule has 0 N–H and O–H groups in total. The number of hydrogen-bond donors (Lipinski definition) is 0. The summed E-state index contributed by atoms with van der Waals surface area (Å²) in [7, 11) is -14.7. The number of ether oxygens (including phenoxy) is 1. The first kappa shape index (κ1) is 37.3. The Morgan fingerprint density at radius 1 is 0.729 bits per heavy atom. The Balaban J connectivity index is 1.83. The van der Waals surface area contributed by atoms with Gasteiger partial charge in [-0.25, -0.2) is 12.6 Å². The zero-order valence-electron chi connectivity index (χ0n) is 25.8. The lowest BCUT2D eigenvalue weighted by molar-refractivity contribution is -0.0562. The Hall–Kier alpha value is -3.56. The Labute approximate surface area is 277 Å². The van der Waals surface area contributed by atoms with Crippen molar-refractivity contribution in [3.8, 4) is 5.75 Å². The lowest BCUT2D eigenvalue weighted by atomic mass is 10.2. The van der Waals surface area contributed by atoms with E-state index in [2.05, 4.69) is 4.18 Å². The van der Waals surface area contributed by atoms with Crippen molar-refractivity contribution in [3.63, 3.8) is 0 Å². The van der Waals surface area contributed by atoms with Gasteiger partial charge in [0, 0.05) is 6.54 Å². The SMILES string of the molecule is COc1ccc(CN(CC(OS(=O)(=O)C(F)(F)F)P(=O)(OCc2ccccc2)OCc2ccccc2)S(=O)(=O)c2ccc(C)cc2)cc1. The predicted molar refractivity (Wildman–Crippen MR) is 172 cm³/mol. The highest BCUT2D eigenvalue weighted by Gasteiger charge is 2.53. The van der Waals surface area contributed by atoms with Crippen molar-refractivity contribution in [2.24, 2.45) is 0 Å². The van der Waals surface area contributed by atoms with Gasteiger partial charge < -0.3 is 13.8 Å². The molecule has 0 fully saturated rings. The molecule has 48 heavy (non-hydrogen) atoms. The van der Waals surface area contributed by atoms with Crippen LogP contribution in [0.15, 0.2) is 114 Å². The molecule has 0 aliphatic carbocycles. The summed E-state index contributed by atoms with van der Waals surface area (Å²) < 4.78 is 131. The van der Waals surface area contributed by atoms with Gasteiger partial charge in [-0.15, -0.1) is 0 Å². The van der Waals surface area contributed by atoms with Crippen molar-refractivity contribution >= 4 is 27.7 Å². The van der Waals surface area contributed by atoms with Crippen LogP contribution in [-0.4, -0.2) is 46.1 Å². The van der Waals surface area contributed by atoms with Crippen molar-refractivity contribution in [2.45, 2.75) is 42.9 Å². The summed E-state index contributed by atoms with van der Waals surface area (Å²) in [5, 5.41) is 0. The highest BCUT2D eigenvalue weighted by atomic mass is 32.2. The van der Waals surface area contributed by atoms with Crippen LogP contribution in [0.1, 0.15) is 22.3 Å². The minimum atomic E-state index is -6.46. The molecule has 0 spiro atoms. The maximum absolute atomic E-state index is 14.6. The summed E-state index contributed by atoms with van der Waals surface area (Å²) in [6, 6.07) is 27.8.